The summed E-state index contributed by atoms with van der Waals surface area (Å²) in [6, 6.07) is 13.6. The van der Waals surface area contributed by atoms with E-state index in [0.29, 0.717) is 10.0 Å². The minimum Gasteiger partial charge on any atom is -0.319 e. The molecule has 4 heteroatoms. The Morgan fingerprint density at radius 3 is 2.35 bits per heavy atom. The summed E-state index contributed by atoms with van der Waals surface area (Å²) in [6.07, 6.45) is 0.796. The SMILES string of the molecule is CNCC(Cc1cccc(Cl)c1Cl)c1ccccc1Cl. The van der Waals surface area contributed by atoms with Crippen LogP contribution in [0.2, 0.25) is 15.1 Å². The van der Waals surface area contributed by atoms with Crippen molar-refractivity contribution in [2.24, 2.45) is 0 Å². The average Bonchev–Trinajstić information content (AvgIpc) is 2.44. The van der Waals surface area contributed by atoms with Crippen LogP contribution in [0.1, 0.15) is 17.0 Å². The molecule has 0 aliphatic rings. The summed E-state index contributed by atoms with van der Waals surface area (Å²) in [5.41, 5.74) is 2.17. The summed E-state index contributed by atoms with van der Waals surface area (Å²) in [6.45, 7) is 0.826. The Labute approximate surface area is 134 Å². The number of hydrogen-bond acceptors (Lipinski definition) is 1. The average molecular weight is 329 g/mol. The largest absolute Gasteiger partial charge is 0.319 e. The Hall–Kier alpha value is -0.730. The molecule has 2 aromatic rings. The fourth-order valence-electron chi connectivity index (χ4n) is 2.32. The lowest BCUT2D eigenvalue weighted by Crippen LogP contribution is -2.19. The molecule has 2 aromatic carbocycles. The maximum absolute atomic E-state index is 6.31. The number of hydrogen-bond donors (Lipinski definition) is 1. The van der Waals surface area contributed by atoms with Gasteiger partial charge in [0.15, 0.2) is 0 Å². The van der Waals surface area contributed by atoms with Crippen molar-refractivity contribution in [1.29, 1.82) is 0 Å². The van der Waals surface area contributed by atoms with E-state index in [4.69, 9.17) is 34.8 Å². The number of benzene rings is 2. The van der Waals surface area contributed by atoms with Crippen LogP contribution in [0.4, 0.5) is 0 Å². The lowest BCUT2D eigenvalue weighted by molar-refractivity contribution is 0.626. The Morgan fingerprint density at radius 2 is 1.65 bits per heavy atom. The summed E-state index contributed by atoms with van der Waals surface area (Å²) in [7, 11) is 1.93. The second-order valence-corrected chi connectivity index (χ2v) is 5.89. The van der Waals surface area contributed by atoms with Crippen molar-refractivity contribution in [3.8, 4) is 0 Å². The number of halogens is 3. The number of nitrogens with one attached hydrogen (secondary N) is 1. The van der Waals surface area contributed by atoms with E-state index in [9.17, 15) is 0 Å². The van der Waals surface area contributed by atoms with Crippen molar-refractivity contribution in [2.75, 3.05) is 13.6 Å². The van der Waals surface area contributed by atoms with E-state index < -0.39 is 0 Å². The summed E-state index contributed by atoms with van der Waals surface area (Å²) in [4.78, 5) is 0. The third-order valence-corrected chi connectivity index (χ3v) is 4.50. The van der Waals surface area contributed by atoms with E-state index in [1.54, 1.807) is 6.07 Å². The van der Waals surface area contributed by atoms with E-state index in [2.05, 4.69) is 11.4 Å². The molecule has 20 heavy (non-hydrogen) atoms. The molecule has 1 N–H and O–H groups in total. The molecular weight excluding hydrogens is 313 g/mol. The first kappa shape index (κ1) is 15.7. The standard InChI is InChI=1S/C16H16Cl3N/c1-20-10-12(13-6-2-3-7-14(13)17)9-11-5-4-8-15(18)16(11)19/h2-8,12,20H,9-10H2,1H3. The number of rotatable bonds is 5. The van der Waals surface area contributed by atoms with Crippen molar-refractivity contribution >= 4 is 34.8 Å². The first-order chi connectivity index (χ1) is 9.63. The van der Waals surface area contributed by atoms with Gasteiger partial charge in [0.05, 0.1) is 10.0 Å². The fourth-order valence-corrected chi connectivity index (χ4v) is 3.00. The van der Waals surface area contributed by atoms with E-state index in [0.717, 1.165) is 29.1 Å². The van der Waals surface area contributed by atoms with Gasteiger partial charge >= 0.3 is 0 Å². The maximum Gasteiger partial charge on any atom is 0.0624 e. The molecule has 0 amide bonds. The molecule has 0 bridgehead atoms. The van der Waals surface area contributed by atoms with Gasteiger partial charge in [0, 0.05) is 17.5 Å². The summed E-state index contributed by atoms with van der Waals surface area (Å²) >= 11 is 18.7. The molecular formula is C16H16Cl3N. The van der Waals surface area contributed by atoms with Gasteiger partial charge in [-0.15, -0.1) is 0 Å². The molecule has 1 atom stereocenters. The molecule has 0 aliphatic heterocycles. The van der Waals surface area contributed by atoms with Gasteiger partial charge in [0.25, 0.3) is 0 Å². The molecule has 0 radical (unpaired) electrons. The van der Waals surface area contributed by atoms with Gasteiger partial charge in [-0.3, -0.25) is 0 Å². The molecule has 0 aliphatic carbocycles. The van der Waals surface area contributed by atoms with E-state index in [1.165, 1.54) is 0 Å². The van der Waals surface area contributed by atoms with Gasteiger partial charge in [-0.25, -0.2) is 0 Å². The molecule has 1 unspecified atom stereocenters. The Bertz CT molecular complexity index is 584. The van der Waals surface area contributed by atoms with Crippen molar-refractivity contribution in [2.45, 2.75) is 12.3 Å². The molecule has 2 rings (SSSR count). The predicted octanol–water partition coefficient (Wildman–Crippen LogP) is 5.19. The van der Waals surface area contributed by atoms with Crippen molar-refractivity contribution in [3.05, 3.63) is 68.7 Å². The predicted molar refractivity (Wildman–Crippen MR) is 88.3 cm³/mol. The number of likely N-dealkylation sites (N-methyl/N-ethyl adjacent to an activating group) is 1. The van der Waals surface area contributed by atoms with Crippen LogP contribution in [0.3, 0.4) is 0 Å². The van der Waals surface area contributed by atoms with Crippen LogP contribution in [-0.4, -0.2) is 13.6 Å². The highest BCUT2D eigenvalue weighted by molar-refractivity contribution is 6.42. The van der Waals surface area contributed by atoms with E-state index >= 15 is 0 Å². The second kappa shape index (κ2) is 7.33. The molecule has 0 heterocycles. The molecule has 0 fully saturated rings. The van der Waals surface area contributed by atoms with E-state index in [1.807, 2.05) is 37.4 Å². The molecule has 1 nitrogen and oxygen atoms in total. The highest BCUT2D eigenvalue weighted by atomic mass is 35.5. The van der Waals surface area contributed by atoms with Crippen LogP contribution in [0, 0.1) is 0 Å². The van der Waals surface area contributed by atoms with Crippen molar-refractivity contribution < 1.29 is 0 Å². The fraction of sp³-hybridized carbons (Fsp3) is 0.250. The van der Waals surface area contributed by atoms with Gasteiger partial charge in [-0.1, -0.05) is 65.1 Å². The second-order valence-electron chi connectivity index (χ2n) is 4.69. The van der Waals surface area contributed by atoms with Crippen LogP contribution in [0.15, 0.2) is 42.5 Å². The Balaban J connectivity index is 2.31. The minimum atomic E-state index is 0.254. The molecule has 0 saturated carbocycles. The molecule has 0 aromatic heterocycles. The highest BCUT2D eigenvalue weighted by Crippen LogP contribution is 2.32. The summed E-state index contributed by atoms with van der Waals surface area (Å²) < 4.78 is 0. The zero-order valence-corrected chi connectivity index (χ0v) is 13.4. The van der Waals surface area contributed by atoms with Crippen LogP contribution >= 0.6 is 34.8 Å². The minimum absolute atomic E-state index is 0.254. The zero-order chi connectivity index (χ0) is 14.5. The topological polar surface area (TPSA) is 12.0 Å². The summed E-state index contributed by atoms with van der Waals surface area (Å²) in [5.74, 6) is 0.254. The van der Waals surface area contributed by atoms with Crippen LogP contribution < -0.4 is 5.32 Å². The lowest BCUT2D eigenvalue weighted by atomic mass is 9.92. The van der Waals surface area contributed by atoms with Gasteiger partial charge in [-0.2, -0.15) is 0 Å². The maximum atomic E-state index is 6.31. The lowest BCUT2D eigenvalue weighted by Gasteiger charge is -2.19. The monoisotopic (exact) mass is 327 g/mol. The van der Waals surface area contributed by atoms with Crippen molar-refractivity contribution in [3.63, 3.8) is 0 Å². The van der Waals surface area contributed by atoms with Crippen LogP contribution in [0.5, 0.6) is 0 Å². The third kappa shape index (κ3) is 3.67. The first-order valence-corrected chi connectivity index (χ1v) is 7.58. The van der Waals surface area contributed by atoms with Gasteiger partial charge < -0.3 is 5.32 Å². The smallest absolute Gasteiger partial charge is 0.0624 e. The zero-order valence-electron chi connectivity index (χ0n) is 11.2. The van der Waals surface area contributed by atoms with Gasteiger partial charge in [0.2, 0.25) is 0 Å². The van der Waals surface area contributed by atoms with Crippen molar-refractivity contribution in [1.82, 2.24) is 5.32 Å². The van der Waals surface area contributed by atoms with Gasteiger partial charge in [-0.05, 0) is 36.7 Å². The Morgan fingerprint density at radius 1 is 0.950 bits per heavy atom. The quantitative estimate of drug-likeness (QED) is 0.796. The molecule has 106 valence electrons. The Kier molecular flexibility index (Phi) is 5.74. The van der Waals surface area contributed by atoms with E-state index in [-0.39, 0.29) is 5.92 Å². The molecule has 0 saturated heterocycles. The highest BCUT2D eigenvalue weighted by Gasteiger charge is 2.16. The first-order valence-electron chi connectivity index (χ1n) is 6.45. The third-order valence-electron chi connectivity index (χ3n) is 3.29. The molecule has 0 spiro atoms. The normalized spacial score (nSPS) is 12.4. The van der Waals surface area contributed by atoms with Crippen LogP contribution in [0.25, 0.3) is 0 Å². The van der Waals surface area contributed by atoms with Crippen LogP contribution in [-0.2, 0) is 6.42 Å². The summed E-state index contributed by atoms with van der Waals surface area (Å²) in [5, 5.41) is 5.21. The van der Waals surface area contributed by atoms with Gasteiger partial charge in [0.1, 0.15) is 0 Å².